The fourth-order valence-electron chi connectivity index (χ4n) is 4.48. The Bertz CT molecular complexity index is 1260. The first kappa shape index (κ1) is 25.1. The van der Waals surface area contributed by atoms with Gasteiger partial charge in [-0.1, -0.05) is 38.8 Å². The van der Waals surface area contributed by atoms with E-state index in [0.29, 0.717) is 28.1 Å². The van der Waals surface area contributed by atoms with Crippen LogP contribution in [0.1, 0.15) is 62.4 Å². The van der Waals surface area contributed by atoms with Gasteiger partial charge in [0.05, 0.1) is 16.8 Å². The van der Waals surface area contributed by atoms with E-state index in [0.717, 1.165) is 44.5 Å². The molecule has 186 valence electrons. The Morgan fingerprint density at radius 2 is 1.53 bits per heavy atom. The average molecular weight is 486 g/mol. The predicted octanol–water partition coefficient (Wildman–Crippen LogP) is 5.48. The van der Waals surface area contributed by atoms with Crippen LogP contribution in [0.3, 0.4) is 0 Å². The molecule has 4 rings (SSSR count). The molecule has 7 nitrogen and oxygen atoms in total. The molecule has 1 heterocycles. The third-order valence-corrected chi connectivity index (χ3v) is 6.50. The van der Waals surface area contributed by atoms with Crippen molar-refractivity contribution in [1.29, 1.82) is 0 Å². The molecule has 1 amide bonds. The highest BCUT2D eigenvalue weighted by Crippen LogP contribution is 2.36. The number of hydrogen-bond acceptors (Lipinski definition) is 5. The highest BCUT2D eigenvalue weighted by molar-refractivity contribution is 6.49. The van der Waals surface area contributed by atoms with Crippen LogP contribution < -0.4 is 9.91 Å². The van der Waals surface area contributed by atoms with Crippen LogP contribution in [-0.2, 0) is 9.59 Å². The van der Waals surface area contributed by atoms with Crippen molar-refractivity contribution in [3.63, 3.8) is 0 Å². The Morgan fingerprint density at radius 3 is 2.08 bits per heavy atom. The molecule has 2 aromatic rings. The van der Waals surface area contributed by atoms with Crippen molar-refractivity contribution in [1.82, 2.24) is 0 Å². The highest BCUT2D eigenvalue weighted by Gasteiger charge is 2.39. The van der Waals surface area contributed by atoms with Crippen molar-refractivity contribution in [2.75, 3.05) is 23.0 Å². The zero-order valence-electron chi connectivity index (χ0n) is 21.0. The van der Waals surface area contributed by atoms with E-state index >= 15 is 0 Å². The smallest absolute Gasteiger partial charge is 0.335 e. The maximum absolute atomic E-state index is 13.5. The molecule has 36 heavy (non-hydrogen) atoms. The molecular weight excluding hydrogens is 454 g/mol. The summed E-state index contributed by atoms with van der Waals surface area (Å²) in [5, 5.41) is 14.9. The number of hydrazone groups is 1. The van der Waals surface area contributed by atoms with E-state index < -0.39 is 11.9 Å². The van der Waals surface area contributed by atoms with E-state index in [2.05, 4.69) is 23.8 Å². The second-order valence-electron chi connectivity index (χ2n) is 9.10. The third kappa shape index (κ3) is 4.87. The summed E-state index contributed by atoms with van der Waals surface area (Å²) in [5.74, 6) is -1.67. The van der Waals surface area contributed by atoms with E-state index in [-0.39, 0.29) is 16.9 Å². The van der Waals surface area contributed by atoms with Gasteiger partial charge in [-0.25, -0.2) is 4.79 Å². The third-order valence-electron chi connectivity index (χ3n) is 6.50. The molecule has 2 aromatic carbocycles. The van der Waals surface area contributed by atoms with Gasteiger partial charge >= 0.3 is 5.97 Å². The minimum atomic E-state index is -1.05. The van der Waals surface area contributed by atoms with Crippen LogP contribution >= 0.6 is 0 Å². The van der Waals surface area contributed by atoms with Gasteiger partial charge in [0, 0.05) is 24.4 Å². The second kappa shape index (κ2) is 10.7. The van der Waals surface area contributed by atoms with Crippen molar-refractivity contribution in [2.24, 2.45) is 5.10 Å². The van der Waals surface area contributed by atoms with Gasteiger partial charge in [0.25, 0.3) is 5.91 Å². The molecule has 0 saturated carbocycles. The SMILES string of the molecule is CCCCN(CCCC)c1ccc(C2=C3C(=O)N(c4ccc(C(=O)O)cc4)N=C3C(C)=CC2=O)cc1. The Balaban J connectivity index is 1.69. The molecule has 1 aliphatic heterocycles. The number of carboxylic acids is 1. The van der Waals surface area contributed by atoms with Crippen molar-refractivity contribution in [2.45, 2.75) is 46.5 Å². The molecule has 1 N–H and O–H groups in total. The lowest BCUT2D eigenvalue weighted by atomic mass is 9.85. The van der Waals surface area contributed by atoms with E-state index in [4.69, 9.17) is 5.11 Å². The summed E-state index contributed by atoms with van der Waals surface area (Å²) in [6.45, 7) is 8.09. The molecular formula is C29H31N3O4. The van der Waals surface area contributed by atoms with Gasteiger partial charge in [-0.15, -0.1) is 0 Å². The lowest BCUT2D eigenvalue weighted by Gasteiger charge is -2.25. The molecule has 0 bridgehead atoms. The zero-order chi connectivity index (χ0) is 25.8. The van der Waals surface area contributed by atoms with Crippen molar-refractivity contribution >= 4 is 40.3 Å². The number of fused-ring (bicyclic) bond motifs is 1. The van der Waals surface area contributed by atoms with Gasteiger partial charge in [-0.05, 0) is 73.4 Å². The number of carbonyl (C=O) groups excluding carboxylic acids is 2. The molecule has 0 saturated heterocycles. The number of nitrogens with zero attached hydrogens (tertiary/aromatic N) is 3. The summed E-state index contributed by atoms with van der Waals surface area (Å²) in [6, 6.07) is 13.8. The van der Waals surface area contributed by atoms with Crippen LogP contribution in [0, 0.1) is 0 Å². The highest BCUT2D eigenvalue weighted by atomic mass is 16.4. The average Bonchev–Trinajstić information content (AvgIpc) is 3.22. The minimum absolute atomic E-state index is 0.119. The van der Waals surface area contributed by atoms with Gasteiger partial charge < -0.3 is 10.0 Å². The van der Waals surface area contributed by atoms with Crippen LogP contribution in [-0.4, -0.2) is 41.6 Å². The van der Waals surface area contributed by atoms with E-state index in [9.17, 15) is 14.4 Å². The standard InChI is InChI=1S/C29H31N3O4/c1-4-6-16-31(17-7-5-2)22-12-8-20(9-13-22)25-24(33)18-19(3)27-26(25)28(34)32(30-27)23-14-10-21(11-15-23)29(35)36/h8-15,18H,4-7,16-17H2,1-3H3,(H,35,36). The van der Waals surface area contributed by atoms with Crippen LogP contribution in [0.25, 0.3) is 5.57 Å². The van der Waals surface area contributed by atoms with Crippen LogP contribution in [0.5, 0.6) is 0 Å². The molecule has 2 aliphatic rings. The monoisotopic (exact) mass is 485 g/mol. The number of carboxylic acid groups (broad SMARTS) is 1. The first-order valence-electron chi connectivity index (χ1n) is 12.4. The second-order valence-corrected chi connectivity index (χ2v) is 9.10. The molecule has 0 fully saturated rings. The quantitative estimate of drug-likeness (QED) is 0.450. The van der Waals surface area contributed by atoms with Crippen molar-refractivity contribution < 1.29 is 19.5 Å². The normalized spacial score (nSPS) is 15.1. The van der Waals surface area contributed by atoms with Crippen LogP contribution in [0.2, 0.25) is 0 Å². The maximum Gasteiger partial charge on any atom is 0.335 e. The topological polar surface area (TPSA) is 90.3 Å². The molecule has 0 unspecified atom stereocenters. The van der Waals surface area contributed by atoms with Gasteiger partial charge in [-0.2, -0.15) is 10.1 Å². The Labute approximate surface area is 211 Å². The molecule has 0 spiro atoms. The Kier molecular flexibility index (Phi) is 7.48. The maximum atomic E-state index is 13.5. The fraction of sp³-hybridized carbons (Fsp3) is 0.310. The molecule has 7 heteroatoms. The number of aromatic carboxylic acids is 1. The first-order valence-corrected chi connectivity index (χ1v) is 12.4. The van der Waals surface area contributed by atoms with Crippen LogP contribution in [0.4, 0.5) is 11.4 Å². The Morgan fingerprint density at radius 1 is 0.917 bits per heavy atom. The first-order chi connectivity index (χ1) is 17.3. The fourth-order valence-corrected chi connectivity index (χ4v) is 4.48. The number of benzene rings is 2. The number of carbonyl (C=O) groups is 3. The summed E-state index contributed by atoms with van der Waals surface area (Å²) < 4.78 is 0. The van der Waals surface area contributed by atoms with Gasteiger partial charge in [-0.3, -0.25) is 9.59 Å². The number of unbranched alkanes of at least 4 members (excludes halogenated alkanes) is 2. The number of hydrogen-bond donors (Lipinski definition) is 1. The number of ketones is 1. The van der Waals surface area contributed by atoms with Gasteiger partial charge in [0.15, 0.2) is 5.78 Å². The summed E-state index contributed by atoms with van der Waals surface area (Å²) in [6.07, 6.45) is 5.99. The van der Waals surface area contributed by atoms with Gasteiger partial charge in [0.2, 0.25) is 0 Å². The summed E-state index contributed by atoms with van der Waals surface area (Å²) in [5.41, 5.74) is 4.06. The van der Waals surface area contributed by atoms with E-state index in [1.54, 1.807) is 19.1 Å². The zero-order valence-corrected chi connectivity index (χ0v) is 21.0. The molecule has 0 atom stereocenters. The molecule has 0 radical (unpaired) electrons. The summed E-state index contributed by atoms with van der Waals surface area (Å²) in [4.78, 5) is 40.2. The largest absolute Gasteiger partial charge is 0.478 e. The number of anilines is 2. The molecule has 0 aromatic heterocycles. The Hall–Kier alpha value is -4.00. The number of allylic oxidation sites excluding steroid dienone is 3. The summed E-state index contributed by atoms with van der Waals surface area (Å²) in [7, 11) is 0. The van der Waals surface area contributed by atoms with Gasteiger partial charge in [0.1, 0.15) is 5.71 Å². The minimum Gasteiger partial charge on any atom is -0.478 e. The summed E-state index contributed by atoms with van der Waals surface area (Å²) >= 11 is 0. The van der Waals surface area contributed by atoms with Crippen molar-refractivity contribution in [3.05, 3.63) is 76.9 Å². The van der Waals surface area contributed by atoms with E-state index in [1.807, 2.05) is 24.3 Å². The lowest BCUT2D eigenvalue weighted by Crippen LogP contribution is -2.26. The lowest BCUT2D eigenvalue weighted by molar-refractivity contribution is -0.115. The van der Waals surface area contributed by atoms with Crippen LogP contribution in [0.15, 0.2) is 70.9 Å². The predicted molar refractivity (Wildman–Crippen MR) is 142 cm³/mol. The number of amides is 1. The van der Waals surface area contributed by atoms with Crippen molar-refractivity contribution in [3.8, 4) is 0 Å². The van der Waals surface area contributed by atoms with E-state index in [1.165, 1.54) is 23.2 Å². The number of rotatable bonds is 10. The molecule has 1 aliphatic carbocycles.